The molecular formula is C16H21NO2S. The molecule has 3 nitrogen and oxygen atoms in total. The summed E-state index contributed by atoms with van der Waals surface area (Å²) < 4.78 is 5.19. The molecular weight excluding hydrogens is 270 g/mol. The van der Waals surface area contributed by atoms with Crippen LogP contribution in [0.4, 0.5) is 0 Å². The van der Waals surface area contributed by atoms with Crippen LogP contribution < -0.4 is 10.1 Å². The Morgan fingerprint density at radius 2 is 2.20 bits per heavy atom. The van der Waals surface area contributed by atoms with Crippen molar-refractivity contribution >= 4 is 11.3 Å². The maximum Gasteiger partial charge on any atom is 0.119 e. The lowest BCUT2D eigenvalue weighted by Crippen LogP contribution is -2.26. The Morgan fingerprint density at radius 1 is 1.30 bits per heavy atom. The summed E-state index contributed by atoms with van der Waals surface area (Å²) in [5.41, 5.74) is 1.16. The summed E-state index contributed by atoms with van der Waals surface area (Å²) >= 11 is 1.74. The number of hydrogen-bond donors (Lipinski definition) is 2. The lowest BCUT2D eigenvalue weighted by atomic mass is 10.1. The molecule has 0 bridgehead atoms. The molecule has 0 unspecified atom stereocenters. The van der Waals surface area contributed by atoms with Crippen molar-refractivity contribution in [3.05, 3.63) is 52.2 Å². The molecule has 2 rings (SSSR count). The summed E-state index contributed by atoms with van der Waals surface area (Å²) in [6, 6.07) is 12.1. The van der Waals surface area contributed by atoms with E-state index in [2.05, 4.69) is 16.8 Å². The summed E-state index contributed by atoms with van der Waals surface area (Å²) in [6.45, 7) is 1.36. The highest BCUT2D eigenvalue weighted by molar-refractivity contribution is 7.09. The maximum atomic E-state index is 9.94. The van der Waals surface area contributed by atoms with Crippen molar-refractivity contribution in [1.29, 1.82) is 0 Å². The molecule has 0 aliphatic heterocycles. The molecule has 1 aromatic carbocycles. The maximum absolute atomic E-state index is 9.94. The Kier molecular flexibility index (Phi) is 6.05. The molecule has 0 aliphatic rings. The third-order valence-electron chi connectivity index (χ3n) is 3.15. The van der Waals surface area contributed by atoms with Crippen LogP contribution in [0.3, 0.4) is 0 Å². The first-order chi connectivity index (χ1) is 9.78. The minimum Gasteiger partial charge on any atom is -0.497 e. The summed E-state index contributed by atoms with van der Waals surface area (Å²) in [7, 11) is 1.67. The van der Waals surface area contributed by atoms with E-state index >= 15 is 0 Å². The molecule has 2 N–H and O–H groups in total. The predicted molar refractivity (Wildman–Crippen MR) is 83.3 cm³/mol. The van der Waals surface area contributed by atoms with E-state index in [-0.39, 0.29) is 6.10 Å². The van der Waals surface area contributed by atoms with Crippen molar-refractivity contribution < 1.29 is 9.84 Å². The van der Waals surface area contributed by atoms with Gasteiger partial charge in [-0.3, -0.25) is 0 Å². The number of thiophene rings is 1. The number of aliphatic hydroxyl groups is 1. The van der Waals surface area contributed by atoms with Crippen LogP contribution in [0.5, 0.6) is 5.75 Å². The third kappa shape index (κ3) is 4.96. The fourth-order valence-electron chi connectivity index (χ4n) is 2.03. The van der Waals surface area contributed by atoms with E-state index in [1.165, 1.54) is 4.88 Å². The molecule has 1 heterocycles. The predicted octanol–water partition coefficient (Wildman–Crippen LogP) is 2.84. The molecule has 0 fully saturated rings. The monoisotopic (exact) mass is 291 g/mol. The van der Waals surface area contributed by atoms with E-state index in [9.17, 15) is 5.11 Å². The highest BCUT2D eigenvalue weighted by Gasteiger charge is 2.05. The van der Waals surface area contributed by atoms with Crippen molar-refractivity contribution in [3.63, 3.8) is 0 Å². The molecule has 0 aliphatic carbocycles. The second-order valence-electron chi connectivity index (χ2n) is 4.75. The van der Waals surface area contributed by atoms with Gasteiger partial charge in [0.2, 0.25) is 0 Å². The average molecular weight is 291 g/mol. The lowest BCUT2D eigenvalue weighted by Gasteiger charge is -2.11. The van der Waals surface area contributed by atoms with Crippen LogP contribution >= 0.6 is 11.3 Å². The van der Waals surface area contributed by atoms with Crippen molar-refractivity contribution in [2.75, 3.05) is 13.7 Å². The smallest absolute Gasteiger partial charge is 0.119 e. The van der Waals surface area contributed by atoms with Crippen LogP contribution in [0.1, 0.15) is 16.9 Å². The zero-order valence-corrected chi connectivity index (χ0v) is 12.5. The van der Waals surface area contributed by atoms with Gasteiger partial charge in [-0.05, 0) is 42.0 Å². The molecule has 0 amide bonds. The van der Waals surface area contributed by atoms with Crippen molar-refractivity contribution in [2.24, 2.45) is 0 Å². The van der Waals surface area contributed by atoms with Crippen LogP contribution in [0, 0.1) is 0 Å². The first-order valence-corrected chi connectivity index (χ1v) is 7.70. The Balaban J connectivity index is 1.66. The number of aryl methyl sites for hydroxylation is 1. The zero-order valence-electron chi connectivity index (χ0n) is 11.7. The van der Waals surface area contributed by atoms with Crippen LogP contribution in [0.15, 0.2) is 41.8 Å². The molecule has 4 heteroatoms. The average Bonchev–Trinajstić information content (AvgIpc) is 2.99. The molecule has 108 valence electrons. The zero-order chi connectivity index (χ0) is 14.2. The van der Waals surface area contributed by atoms with Crippen LogP contribution in [-0.4, -0.2) is 24.9 Å². The number of nitrogens with one attached hydrogen (secondary N) is 1. The van der Waals surface area contributed by atoms with Gasteiger partial charge in [-0.15, -0.1) is 11.3 Å². The molecule has 2 aromatic rings. The normalized spacial score (nSPS) is 12.3. The number of methoxy groups -OCH3 is 1. The van der Waals surface area contributed by atoms with Crippen LogP contribution in [-0.2, 0) is 13.0 Å². The van der Waals surface area contributed by atoms with Gasteiger partial charge in [-0.1, -0.05) is 18.2 Å². The molecule has 0 spiro atoms. The quantitative estimate of drug-likeness (QED) is 0.786. The summed E-state index contributed by atoms with van der Waals surface area (Å²) in [5, 5.41) is 15.3. The standard InChI is InChI=1S/C16H21NO2S/c1-19-15-5-2-4-13(10-15)11-17-12-14(18)7-8-16-6-3-9-20-16/h2-6,9-10,14,17-18H,7-8,11-12H2,1H3/t14-/m1/s1. The van der Waals surface area contributed by atoms with Crippen LogP contribution in [0.2, 0.25) is 0 Å². The number of rotatable bonds is 8. The fraction of sp³-hybridized carbons (Fsp3) is 0.375. The van der Waals surface area contributed by atoms with E-state index in [1.54, 1.807) is 18.4 Å². The van der Waals surface area contributed by atoms with E-state index in [4.69, 9.17) is 4.74 Å². The summed E-state index contributed by atoms with van der Waals surface area (Å²) in [4.78, 5) is 1.33. The minimum atomic E-state index is -0.303. The van der Waals surface area contributed by atoms with Gasteiger partial charge in [-0.25, -0.2) is 0 Å². The van der Waals surface area contributed by atoms with Gasteiger partial charge in [0, 0.05) is 18.0 Å². The minimum absolute atomic E-state index is 0.303. The van der Waals surface area contributed by atoms with Crippen LogP contribution in [0.25, 0.3) is 0 Å². The Labute approximate surface area is 124 Å². The molecule has 0 saturated heterocycles. The third-order valence-corrected chi connectivity index (χ3v) is 4.08. The number of benzene rings is 1. The van der Waals surface area contributed by atoms with Gasteiger partial charge in [0.05, 0.1) is 13.2 Å². The summed E-state index contributed by atoms with van der Waals surface area (Å²) in [6.07, 6.45) is 1.44. The van der Waals surface area contributed by atoms with E-state index in [0.717, 1.165) is 30.7 Å². The number of ether oxygens (including phenoxy) is 1. The molecule has 1 atom stereocenters. The van der Waals surface area contributed by atoms with Gasteiger partial charge in [0.25, 0.3) is 0 Å². The van der Waals surface area contributed by atoms with E-state index in [0.29, 0.717) is 6.54 Å². The lowest BCUT2D eigenvalue weighted by molar-refractivity contribution is 0.162. The Bertz CT molecular complexity index is 499. The van der Waals surface area contributed by atoms with Gasteiger partial charge >= 0.3 is 0 Å². The largest absolute Gasteiger partial charge is 0.497 e. The second kappa shape index (κ2) is 8.04. The molecule has 1 aromatic heterocycles. The second-order valence-corrected chi connectivity index (χ2v) is 5.79. The Morgan fingerprint density at radius 3 is 2.95 bits per heavy atom. The first kappa shape index (κ1) is 15.0. The molecule has 0 radical (unpaired) electrons. The number of hydrogen-bond acceptors (Lipinski definition) is 4. The Hall–Kier alpha value is -1.36. The summed E-state index contributed by atoms with van der Waals surface area (Å²) in [5.74, 6) is 0.863. The topological polar surface area (TPSA) is 41.5 Å². The van der Waals surface area contributed by atoms with Crippen molar-refractivity contribution in [3.8, 4) is 5.75 Å². The van der Waals surface area contributed by atoms with Crippen molar-refractivity contribution in [2.45, 2.75) is 25.5 Å². The van der Waals surface area contributed by atoms with Gasteiger partial charge in [0.1, 0.15) is 5.75 Å². The SMILES string of the molecule is COc1cccc(CNC[C@H](O)CCc2cccs2)c1. The fourth-order valence-corrected chi connectivity index (χ4v) is 2.76. The van der Waals surface area contributed by atoms with E-state index < -0.39 is 0 Å². The highest BCUT2D eigenvalue weighted by Crippen LogP contribution is 2.13. The van der Waals surface area contributed by atoms with Gasteiger partial charge in [-0.2, -0.15) is 0 Å². The number of aliphatic hydroxyl groups excluding tert-OH is 1. The molecule has 0 saturated carbocycles. The first-order valence-electron chi connectivity index (χ1n) is 6.82. The van der Waals surface area contributed by atoms with Gasteiger partial charge < -0.3 is 15.2 Å². The van der Waals surface area contributed by atoms with E-state index in [1.807, 2.05) is 30.3 Å². The molecule has 20 heavy (non-hydrogen) atoms. The van der Waals surface area contributed by atoms with Crippen molar-refractivity contribution in [1.82, 2.24) is 5.32 Å². The van der Waals surface area contributed by atoms with Gasteiger partial charge in [0.15, 0.2) is 0 Å². The highest BCUT2D eigenvalue weighted by atomic mass is 32.1.